The molecule has 0 fully saturated rings. The van der Waals surface area contributed by atoms with Crippen LogP contribution in [0.5, 0.6) is 0 Å². The molecule has 4 nitrogen and oxygen atoms in total. The van der Waals surface area contributed by atoms with Gasteiger partial charge < -0.3 is 5.73 Å². The SMILES string of the molecule is NC(=S)c1ccc(-c2cccc(Br)c2)n2nc(-c3ccc(F)cc3)nc12. The number of halogens is 2. The van der Waals surface area contributed by atoms with Gasteiger partial charge in [-0.25, -0.2) is 13.9 Å². The van der Waals surface area contributed by atoms with Crippen LogP contribution >= 0.6 is 28.1 Å². The lowest BCUT2D eigenvalue weighted by Crippen LogP contribution is -2.12. The van der Waals surface area contributed by atoms with Crippen molar-refractivity contribution in [1.82, 2.24) is 14.6 Å². The van der Waals surface area contributed by atoms with E-state index in [9.17, 15) is 4.39 Å². The molecular formula is C19H12BrFN4S. The van der Waals surface area contributed by atoms with Gasteiger partial charge in [0.1, 0.15) is 10.8 Å². The summed E-state index contributed by atoms with van der Waals surface area (Å²) in [5.41, 5.74) is 9.58. The van der Waals surface area contributed by atoms with Gasteiger partial charge in [-0.2, -0.15) is 0 Å². The molecular weight excluding hydrogens is 415 g/mol. The van der Waals surface area contributed by atoms with Crippen LogP contribution in [0.1, 0.15) is 5.56 Å². The van der Waals surface area contributed by atoms with Crippen molar-refractivity contribution >= 4 is 38.8 Å². The van der Waals surface area contributed by atoms with E-state index in [1.807, 2.05) is 36.4 Å². The Labute approximate surface area is 162 Å². The molecule has 0 aliphatic rings. The Balaban J connectivity index is 1.98. The largest absolute Gasteiger partial charge is 0.389 e. The summed E-state index contributed by atoms with van der Waals surface area (Å²) in [6.07, 6.45) is 0. The van der Waals surface area contributed by atoms with Crippen LogP contribution in [0.4, 0.5) is 4.39 Å². The minimum atomic E-state index is -0.309. The second kappa shape index (κ2) is 6.59. The first kappa shape index (κ1) is 16.8. The molecule has 2 aromatic carbocycles. The van der Waals surface area contributed by atoms with Gasteiger partial charge in [0.15, 0.2) is 11.5 Å². The Morgan fingerprint density at radius 1 is 1.04 bits per heavy atom. The second-order valence-electron chi connectivity index (χ2n) is 5.68. The predicted molar refractivity (Wildman–Crippen MR) is 107 cm³/mol. The fourth-order valence-electron chi connectivity index (χ4n) is 2.74. The Hall–Kier alpha value is -2.64. The number of pyridine rings is 1. The number of rotatable bonds is 3. The first-order valence-electron chi connectivity index (χ1n) is 7.74. The van der Waals surface area contributed by atoms with E-state index < -0.39 is 0 Å². The summed E-state index contributed by atoms with van der Waals surface area (Å²) in [5.74, 6) is 0.168. The first-order valence-corrected chi connectivity index (χ1v) is 8.94. The molecule has 2 aromatic heterocycles. The van der Waals surface area contributed by atoms with E-state index in [0.717, 1.165) is 15.7 Å². The molecule has 0 atom stereocenters. The van der Waals surface area contributed by atoms with E-state index in [4.69, 9.17) is 18.0 Å². The number of benzene rings is 2. The summed E-state index contributed by atoms with van der Waals surface area (Å²) in [4.78, 5) is 4.84. The Morgan fingerprint density at radius 3 is 2.50 bits per heavy atom. The van der Waals surface area contributed by atoms with Crippen LogP contribution in [-0.2, 0) is 0 Å². The highest BCUT2D eigenvalue weighted by atomic mass is 79.9. The summed E-state index contributed by atoms with van der Waals surface area (Å²) >= 11 is 8.64. The van der Waals surface area contributed by atoms with Gasteiger partial charge in [-0.1, -0.05) is 40.3 Å². The molecule has 0 unspecified atom stereocenters. The normalized spacial score (nSPS) is 11.0. The van der Waals surface area contributed by atoms with E-state index in [1.54, 1.807) is 16.6 Å². The summed E-state index contributed by atoms with van der Waals surface area (Å²) in [6.45, 7) is 0. The van der Waals surface area contributed by atoms with Gasteiger partial charge in [0.25, 0.3) is 0 Å². The highest BCUT2D eigenvalue weighted by Gasteiger charge is 2.15. The molecule has 26 heavy (non-hydrogen) atoms. The van der Waals surface area contributed by atoms with Gasteiger partial charge >= 0.3 is 0 Å². The Morgan fingerprint density at radius 2 is 1.81 bits per heavy atom. The fourth-order valence-corrected chi connectivity index (χ4v) is 3.30. The molecule has 0 aliphatic carbocycles. The van der Waals surface area contributed by atoms with Crippen LogP contribution in [0.25, 0.3) is 28.3 Å². The number of aromatic nitrogens is 3. The maximum atomic E-state index is 13.2. The summed E-state index contributed by atoms with van der Waals surface area (Å²) in [5, 5.41) is 4.61. The van der Waals surface area contributed by atoms with Crippen molar-refractivity contribution in [3.63, 3.8) is 0 Å². The zero-order chi connectivity index (χ0) is 18.3. The fraction of sp³-hybridized carbons (Fsp3) is 0. The number of hydrogen-bond acceptors (Lipinski definition) is 3. The van der Waals surface area contributed by atoms with Crippen LogP contribution in [0.3, 0.4) is 0 Å². The van der Waals surface area contributed by atoms with Gasteiger partial charge in [-0.05, 0) is 48.5 Å². The van der Waals surface area contributed by atoms with Crippen LogP contribution < -0.4 is 5.73 Å². The number of fused-ring (bicyclic) bond motifs is 1. The molecule has 2 heterocycles. The molecule has 0 saturated heterocycles. The lowest BCUT2D eigenvalue weighted by atomic mass is 10.1. The number of hydrogen-bond donors (Lipinski definition) is 1. The first-order chi connectivity index (χ1) is 12.5. The highest BCUT2D eigenvalue weighted by molar-refractivity contribution is 9.10. The highest BCUT2D eigenvalue weighted by Crippen LogP contribution is 2.27. The van der Waals surface area contributed by atoms with Crippen molar-refractivity contribution < 1.29 is 4.39 Å². The number of nitrogens with zero attached hydrogens (tertiary/aromatic N) is 3. The lowest BCUT2D eigenvalue weighted by Gasteiger charge is -2.07. The monoisotopic (exact) mass is 426 g/mol. The number of thiocarbonyl (C=S) groups is 1. The average molecular weight is 427 g/mol. The molecule has 0 bridgehead atoms. The Bertz CT molecular complexity index is 1140. The molecule has 7 heteroatoms. The van der Waals surface area contributed by atoms with Crippen molar-refractivity contribution in [2.24, 2.45) is 5.73 Å². The topological polar surface area (TPSA) is 56.2 Å². The zero-order valence-electron chi connectivity index (χ0n) is 13.4. The summed E-state index contributed by atoms with van der Waals surface area (Å²) in [7, 11) is 0. The van der Waals surface area contributed by atoms with Crippen molar-refractivity contribution in [3.8, 4) is 22.6 Å². The van der Waals surface area contributed by atoms with Gasteiger partial charge in [-0.15, -0.1) is 5.10 Å². The van der Waals surface area contributed by atoms with Crippen molar-refractivity contribution in [2.75, 3.05) is 0 Å². The third kappa shape index (κ3) is 3.00. The molecule has 0 saturated carbocycles. The van der Waals surface area contributed by atoms with E-state index in [2.05, 4.69) is 26.0 Å². The second-order valence-corrected chi connectivity index (χ2v) is 7.04. The van der Waals surface area contributed by atoms with E-state index in [0.29, 0.717) is 22.6 Å². The molecule has 0 aliphatic heterocycles. The van der Waals surface area contributed by atoms with Gasteiger partial charge in [0, 0.05) is 15.6 Å². The van der Waals surface area contributed by atoms with E-state index in [-0.39, 0.29) is 10.8 Å². The van der Waals surface area contributed by atoms with Gasteiger partial charge in [0.05, 0.1) is 11.3 Å². The van der Waals surface area contributed by atoms with Crippen LogP contribution in [0, 0.1) is 5.82 Å². The maximum absolute atomic E-state index is 13.2. The minimum Gasteiger partial charge on any atom is -0.389 e. The zero-order valence-corrected chi connectivity index (χ0v) is 15.8. The van der Waals surface area contributed by atoms with E-state index >= 15 is 0 Å². The van der Waals surface area contributed by atoms with Crippen molar-refractivity contribution in [1.29, 1.82) is 0 Å². The third-order valence-corrected chi connectivity index (χ3v) is 4.69. The minimum absolute atomic E-state index is 0.244. The standard InChI is InChI=1S/C19H12BrFN4S/c20-13-3-1-2-12(10-13)16-9-8-15(17(22)26)19-23-18(24-25(16)19)11-4-6-14(21)7-5-11/h1-10H,(H2,22,26). The number of nitrogens with two attached hydrogens (primary N) is 1. The summed E-state index contributed by atoms with van der Waals surface area (Å²) in [6, 6.07) is 17.7. The molecule has 0 amide bonds. The van der Waals surface area contributed by atoms with Crippen LogP contribution in [0.15, 0.2) is 65.1 Å². The lowest BCUT2D eigenvalue weighted by molar-refractivity contribution is 0.628. The smallest absolute Gasteiger partial charge is 0.182 e. The van der Waals surface area contributed by atoms with Crippen molar-refractivity contribution in [2.45, 2.75) is 0 Å². The van der Waals surface area contributed by atoms with Gasteiger partial charge in [0.2, 0.25) is 0 Å². The maximum Gasteiger partial charge on any atom is 0.182 e. The van der Waals surface area contributed by atoms with Gasteiger partial charge in [-0.3, -0.25) is 0 Å². The molecule has 2 N–H and O–H groups in total. The van der Waals surface area contributed by atoms with Crippen molar-refractivity contribution in [3.05, 3.63) is 76.5 Å². The third-order valence-electron chi connectivity index (χ3n) is 3.97. The Kier molecular flexibility index (Phi) is 4.26. The molecule has 4 aromatic rings. The molecule has 0 spiro atoms. The molecule has 128 valence electrons. The van der Waals surface area contributed by atoms with Crippen LogP contribution in [0.2, 0.25) is 0 Å². The quantitative estimate of drug-likeness (QED) is 0.486. The predicted octanol–water partition coefficient (Wildman–Crippen LogP) is 4.60. The van der Waals surface area contributed by atoms with E-state index in [1.165, 1.54) is 12.1 Å². The van der Waals surface area contributed by atoms with Crippen LogP contribution in [-0.4, -0.2) is 19.6 Å². The molecule has 0 radical (unpaired) electrons. The average Bonchev–Trinajstić information content (AvgIpc) is 3.06. The summed E-state index contributed by atoms with van der Waals surface area (Å²) < 4.78 is 15.9. The molecule has 4 rings (SSSR count).